The van der Waals surface area contributed by atoms with Crippen LogP contribution in [0.15, 0.2) is 66.7 Å². The number of carboxylic acid groups (broad SMARTS) is 1. The number of carbonyl (C=O) groups excluding carboxylic acids is 1. The summed E-state index contributed by atoms with van der Waals surface area (Å²) >= 11 is 0. The Morgan fingerprint density at radius 2 is 1.71 bits per heavy atom. The highest BCUT2D eigenvalue weighted by Gasteiger charge is 2.29. The third-order valence-electron chi connectivity index (χ3n) is 5.37. The molecule has 3 aromatic rings. The highest BCUT2D eigenvalue weighted by molar-refractivity contribution is 6.10. The summed E-state index contributed by atoms with van der Waals surface area (Å²) < 4.78 is 0. The molecule has 0 aliphatic carbocycles. The zero-order valence-electron chi connectivity index (χ0n) is 15.8. The van der Waals surface area contributed by atoms with Crippen molar-refractivity contribution >= 4 is 17.6 Å². The van der Waals surface area contributed by atoms with Crippen molar-refractivity contribution in [2.75, 3.05) is 4.90 Å². The van der Waals surface area contributed by atoms with E-state index in [1.165, 1.54) is 0 Å². The molecule has 1 heterocycles. The van der Waals surface area contributed by atoms with Gasteiger partial charge in [0.15, 0.2) is 0 Å². The quantitative estimate of drug-likeness (QED) is 0.701. The second-order valence-electron chi connectivity index (χ2n) is 7.25. The molecule has 140 valence electrons. The van der Waals surface area contributed by atoms with Gasteiger partial charge in [-0.2, -0.15) is 0 Å². The molecule has 0 fully saturated rings. The molecule has 0 spiro atoms. The van der Waals surface area contributed by atoms with Crippen molar-refractivity contribution in [1.82, 2.24) is 0 Å². The van der Waals surface area contributed by atoms with Gasteiger partial charge in [0.2, 0.25) is 0 Å². The first-order valence-corrected chi connectivity index (χ1v) is 9.29. The van der Waals surface area contributed by atoms with Crippen LogP contribution in [0.25, 0.3) is 11.1 Å². The minimum Gasteiger partial charge on any atom is -0.481 e. The van der Waals surface area contributed by atoms with Crippen molar-refractivity contribution in [3.8, 4) is 11.1 Å². The molecule has 1 aliphatic rings. The van der Waals surface area contributed by atoms with Gasteiger partial charge in [0.1, 0.15) is 0 Å². The minimum atomic E-state index is -0.870. The number of rotatable bonds is 4. The number of anilines is 1. The number of nitrogens with zero attached hydrogens (tertiary/aromatic N) is 1. The van der Waals surface area contributed by atoms with Crippen LogP contribution in [0.4, 0.5) is 5.69 Å². The fourth-order valence-corrected chi connectivity index (χ4v) is 3.67. The van der Waals surface area contributed by atoms with E-state index in [1.54, 1.807) is 11.8 Å². The molecule has 0 saturated carbocycles. The molecule has 1 unspecified atom stereocenters. The van der Waals surface area contributed by atoms with E-state index in [0.717, 1.165) is 39.1 Å². The summed E-state index contributed by atoms with van der Waals surface area (Å²) in [6.07, 6.45) is 0. The number of amides is 1. The van der Waals surface area contributed by atoms with Crippen LogP contribution in [0.3, 0.4) is 0 Å². The number of fused-ring (bicyclic) bond motifs is 1. The molecule has 4 nitrogen and oxygen atoms in total. The fourth-order valence-electron chi connectivity index (χ4n) is 3.67. The molecule has 0 aromatic heterocycles. The molecular formula is C24H21NO3. The zero-order valence-corrected chi connectivity index (χ0v) is 15.8. The van der Waals surface area contributed by atoms with Crippen LogP contribution in [0.2, 0.25) is 0 Å². The largest absolute Gasteiger partial charge is 0.481 e. The summed E-state index contributed by atoms with van der Waals surface area (Å²) in [7, 11) is 0. The van der Waals surface area contributed by atoms with Gasteiger partial charge in [0.05, 0.1) is 12.5 Å². The first-order chi connectivity index (χ1) is 13.5. The Morgan fingerprint density at radius 3 is 2.39 bits per heavy atom. The molecule has 4 heteroatoms. The van der Waals surface area contributed by atoms with Crippen LogP contribution in [0.5, 0.6) is 0 Å². The van der Waals surface area contributed by atoms with E-state index in [1.807, 2.05) is 73.7 Å². The molecule has 4 rings (SSSR count). The van der Waals surface area contributed by atoms with E-state index in [2.05, 4.69) is 0 Å². The van der Waals surface area contributed by atoms with E-state index < -0.39 is 11.9 Å². The van der Waals surface area contributed by atoms with Crippen molar-refractivity contribution in [1.29, 1.82) is 0 Å². The Hall–Kier alpha value is -3.40. The third-order valence-corrected chi connectivity index (χ3v) is 5.37. The molecule has 1 amide bonds. The summed E-state index contributed by atoms with van der Waals surface area (Å²) in [5.74, 6) is -1.54. The predicted molar refractivity (Wildman–Crippen MR) is 110 cm³/mol. The first kappa shape index (κ1) is 18.0. The molecule has 3 aromatic carbocycles. The van der Waals surface area contributed by atoms with Crippen LogP contribution >= 0.6 is 0 Å². The standard InChI is InChI=1S/C24H21NO3/c1-15-7-9-17(10-8-15)22-13-19(11-12-20(22)16(2)24(27)28)25-14-18-5-3-4-6-21(18)23(25)26/h3-13,16H,14H2,1-2H3,(H,27,28). The smallest absolute Gasteiger partial charge is 0.310 e. The number of carboxylic acids is 1. The van der Waals surface area contributed by atoms with Gasteiger partial charge in [-0.05, 0) is 54.3 Å². The fraction of sp³-hybridized carbons (Fsp3) is 0.167. The Kier molecular flexibility index (Phi) is 4.47. The van der Waals surface area contributed by atoms with E-state index >= 15 is 0 Å². The average Bonchev–Trinajstić information content (AvgIpc) is 3.04. The van der Waals surface area contributed by atoms with Crippen molar-refractivity contribution in [2.24, 2.45) is 0 Å². The SMILES string of the molecule is Cc1ccc(-c2cc(N3Cc4ccccc4C3=O)ccc2C(C)C(=O)O)cc1. The normalized spacial score (nSPS) is 14.1. The van der Waals surface area contributed by atoms with E-state index in [-0.39, 0.29) is 5.91 Å². The van der Waals surface area contributed by atoms with Gasteiger partial charge in [0, 0.05) is 11.3 Å². The van der Waals surface area contributed by atoms with Gasteiger partial charge in [-0.15, -0.1) is 0 Å². The van der Waals surface area contributed by atoms with Crippen LogP contribution in [-0.2, 0) is 11.3 Å². The number of carbonyl (C=O) groups is 2. The maximum atomic E-state index is 12.8. The Morgan fingerprint density at radius 1 is 1.00 bits per heavy atom. The maximum absolute atomic E-state index is 12.8. The summed E-state index contributed by atoms with van der Waals surface area (Å²) in [6, 6.07) is 21.2. The van der Waals surface area contributed by atoms with E-state index in [9.17, 15) is 14.7 Å². The van der Waals surface area contributed by atoms with Crippen molar-refractivity contribution in [3.05, 3.63) is 89.0 Å². The second-order valence-corrected chi connectivity index (χ2v) is 7.25. The van der Waals surface area contributed by atoms with Gasteiger partial charge >= 0.3 is 5.97 Å². The lowest BCUT2D eigenvalue weighted by atomic mass is 9.90. The molecule has 1 aliphatic heterocycles. The number of aliphatic carboxylic acids is 1. The highest BCUT2D eigenvalue weighted by atomic mass is 16.4. The molecule has 0 bridgehead atoms. The predicted octanol–water partition coefficient (Wildman–Crippen LogP) is 5.01. The summed E-state index contributed by atoms with van der Waals surface area (Å²) in [5.41, 5.74) is 6.17. The molecular weight excluding hydrogens is 350 g/mol. The van der Waals surface area contributed by atoms with E-state index in [4.69, 9.17) is 0 Å². The van der Waals surface area contributed by atoms with Crippen LogP contribution in [-0.4, -0.2) is 17.0 Å². The summed E-state index contributed by atoms with van der Waals surface area (Å²) in [6.45, 7) is 4.23. The van der Waals surface area contributed by atoms with Crippen LogP contribution in [0, 0.1) is 6.92 Å². The van der Waals surface area contributed by atoms with Crippen LogP contribution < -0.4 is 4.90 Å². The highest BCUT2D eigenvalue weighted by Crippen LogP contribution is 2.36. The average molecular weight is 371 g/mol. The summed E-state index contributed by atoms with van der Waals surface area (Å²) in [4.78, 5) is 26.2. The number of hydrogen-bond acceptors (Lipinski definition) is 2. The van der Waals surface area contributed by atoms with Crippen LogP contribution in [0.1, 0.15) is 39.9 Å². The number of aryl methyl sites for hydroxylation is 1. The minimum absolute atomic E-state index is 0.0236. The number of benzene rings is 3. The van der Waals surface area contributed by atoms with Gasteiger partial charge in [0.25, 0.3) is 5.91 Å². The van der Waals surface area contributed by atoms with Gasteiger partial charge in [-0.3, -0.25) is 9.59 Å². The first-order valence-electron chi connectivity index (χ1n) is 9.29. The Labute approximate surface area is 164 Å². The van der Waals surface area contributed by atoms with Gasteiger partial charge < -0.3 is 10.0 Å². The van der Waals surface area contributed by atoms with Crippen molar-refractivity contribution < 1.29 is 14.7 Å². The molecule has 0 radical (unpaired) electrons. The molecule has 1 atom stereocenters. The summed E-state index contributed by atoms with van der Waals surface area (Å²) in [5, 5.41) is 9.53. The Bertz CT molecular complexity index is 1070. The maximum Gasteiger partial charge on any atom is 0.310 e. The monoisotopic (exact) mass is 371 g/mol. The topological polar surface area (TPSA) is 57.6 Å². The zero-order chi connectivity index (χ0) is 19.8. The number of hydrogen-bond donors (Lipinski definition) is 1. The molecule has 0 saturated heterocycles. The Balaban J connectivity index is 1.81. The lowest BCUT2D eigenvalue weighted by molar-refractivity contribution is -0.138. The van der Waals surface area contributed by atoms with Gasteiger partial charge in [-0.25, -0.2) is 0 Å². The van der Waals surface area contributed by atoms with Crippen molar-refractivity contribution in [2.45, 2.75) is 26.3 Å². The lowest BCUT2D eigenvalue weighted by Crippen LogP contribution is -2.23. The van der Waals surface area contributed by atoms with Gasteiger partial charge in [-0.1, -0.05) is 54.1 Å². The second kappa shape index (κ2) is 6.97. The lowest BCUT2D eigenvalue weighted by Gasteiger charge is -2.20. The van der Waals surface area contributed by atoms with Crippen molar-refractivity contribution in [3.63, 3.8) is 0 Å². The van der Waals surface area contributed by atoms with E-state index in [0.29, 0.717) is 6.54 Å². The molecule has 28 heavy (non-hydrogen) atoms. The third kappa shape index (κ3) is 3.07. The molecule has 1 N–H and O–H groups in total.